The van der Waals surface area contributed by atoms with Gasteiger partial charge in [0.05, 0.1) is 0 Å². The number of alkyl halides is 3. The zero-order valence-electron chi connectivity index (χ0n) is 7.80. The van der Waals surface area contributed by atoms with Crippen molar-refractivity contribution in [1.82, 2.24) is 0 Å². The van der Waals surface area contributed by atoms with Gasteiger partial charge in [-0.3, -0.25) is 0 Å². The molecule has 0 aromatic heterocycles. The third-order valence-corrected chi connectivity index (χ3v) is 3.77. The quantitative estimate of drug-likeness (QED) is 0.617. The smallest absolute Gasteiger partial charge is 0.211 e. The summed E-state index contributed by atoms with van der Waals surface area (Å²) in [6.45, 7) is 0. The molecule has 0 bridgehead atoms. The highest BCUT2D eigenvalue weighted by molar-refractivity contribution is 8.14. The van der Waals surface area contributed by atoms with Crippen molar-refractivity contribution in [2.24, 2.45) is 0 Å². The number of benzene rings is 1. The van der Waals surface area contributed by atoms with Crippen LogP contribution in [0, 0.1) is 5.82 Å². The molecule has 1 atom stereocenters. The van der Waals surface area contributed by atoms with E-state index >= 15 is 0 Å². The van der Waals surface area contributed by atoms with Gasteiger partial charge in [0.2, 0.25) is 9.05 Å². The highest BCUT2D eigenvalue weighted by atomic mass is 35.7. The number of hydrogen-bond donors (Lipinski definition) is 0. The van der Waals surface area contributed by atoms with Crippen LogP contribution >= 0.6 is 22.3 Å². The van der Waals surface area contributed by atoms with Crippen LogP contribution in [0.25, 0.3) is 0 Å². The van der Waals surface area contributed by atoms with Crippen LogP contribution in [0.1, 0.15) is 10.8 Å². The van der Waals surface area contributed by atoms with Gasteiger partial charge in [0.15, 0.2) is 5.25 Å². The topological polar surface area (TPSA) is 34.1 Å². The summed E-state index contributed by atoms with van der Waals surface area (Å²) in [4.78, 5) is 0. The van der Waals surface area contributed by atoms with E-state index in [0.717, 1.165) is 0 Å². The van der Waals surface area contributed by atoms with Crippen LogP contribution in [0.15, 0.2) is 18.2 Å². The van der Waals surface area contributed by atoms with Gasteiger partial charge in [-0.05, 0) is 17.7 Å². The number of hydrogen-bond acceptors (Lipinski definition) is 2. The van der Waals surface area contributed by atoms with Crippen molar-refractivity contribution in [3.8, 4) is 0 Å². The van der Waals surface area contributed by atoms with Gasteiger partial charge in [0.1, 0.15) is 5.82 Å². The van der Waals surface area contributed by atoms with Gasteiger partial charge < -0.3 is 0 Å². The number of halogens is 6. The molecule has 0 fully saturated rings. The van der Waals surface area contributed by atoms with Gasteiger partial charge in [-0.2, -0.15) is 13.2 Å². The maximum Gasteiger partial charge on any atom is 0.410 e. The molecule has 0 aliphatic rings. The Kier molecular flexibility index (Phi) is 3.95. The Bertz CT molecular complexity index is 527. The fourth-order valence-electron chi connectivity index (χ4n) is 1.20. The summed E-state index contributed by atoms with van der Waals surface area (Å²) < 4.78 is 72.2. The molecule has 0 aliphatic carbocycles. The van der Waals surface area contributed by atoms with E-state index in [4.69, 9.17) is 22.3 Å². The van der Waals surface area contributed by atoms with Gasteiger partial charge in [0.25, 0.3) is 0 Å². The second-order valence-corrected chi connectivity index (χ2v) is 6.18. The Hall–Kier alpha value is -0.530. The minimum absolute atomic E-state index is 0.581. The first-order valence-corrected chi connectivity index (χ1v) is 6.73. The highest BCUT2D eigenvalue weighted by Crippen LogP contribution is 2.43. The van der Waals surface area contributed by atoms with Gasteiger partial charge in [0, 0.05) is 15.7 Å². The van der Waals surface area contributed by atoms with Crippen molar-refractivity contribution in [2.45, 2.75) is 11.4 Å². The van der Waals surface area contributed by atoms with Gasteiger partial charge in [-0.15, -0.1) is 0 Å². The van der Waals surface area contributed by atoms with Gasteiger partial charge in [-0.25, -0.2) is 12.8 Å². The lowest BCUT2D eigenvalue weighted by Gasteiger charge is -2.18. The van der Waals surface area contributed by atoms with Crippen LogP contribution in [0.2, 0.25) is 5.02 Å². The molecule has 1 rings (SSSR count). The largest absolute Gasteiger partial charge is 0.410 e. The molecule has 0 N–H and O–H groups in total. The summed E-state index contributed by atoms with van der Waals surface area (Å²) in [6.07, 6.45) is -5.14. The molecule has 96 valence electrons. The molecule has 17 heavy (non-hydrogen) atoms. The van der Waals surface area contributed by atoms with Crippen molar-refractivity contribution in [2.75, 3.05) is 0 Å². The number of rotatable bonds is 2. The molecule has 2 nitrogen and oxygen atoms in total. The third kappa shape index (κ3) is 3.46. The van der Waals surface area contributed by atoms with E-state index in [0.29, 0.717) is 18.2 Å². The fraction of sp³-hybridized carbons (Fsp3) is 0.250. The summed E-state index contributed by atoms with van der Waals surface area (Å²) >= 11 is 5.37. The minimum Gasteiger partial charge on any atom is -0.211 e. The molecule has 0 aliphatic heterocycles. The van der Waals surface area contributed by atoms with Crippen LogP contribution in [0.3, 0.4) is 0 Å². The van der Waals surface area contributed by atoms with Crippen LogP contribution in [-0.2, 0) is 9.05 Å². The molecular weight excluding hydrogens is 307 g/mol. The molecule has 0 amide bonds. The second kappa shape index (κ2) is 4.62. The maximum absolute atomic E-state index is 12.7. The first-order chi connectivity index (χ1) is 7.53. The fourth-order valence-corrected chi connectivity index (χ4v) is 2.96. The molecule has 0 saturated carbocycles. The Morgan fingerprint density at radius 1 is 1.24 bits per heavy atom. The molecule has 1 aromatic carbocycles. The highest BCUT2D eigenvalue weighted by Gasteiger charge is 2.50. The second-order valence-electron chi connectivity index (χ2n) is 3.06. The average molecular weight is 311 g/mol. The third-order valence-electron chi connectivity index (χ3n) is 1.82. The monoisotopic (exact) mass is 310 g/mol. The van der Waals surface area contributed by atoms with E-state index in [-0.39, 0.29) is 0 Å². The van der Waals surface area contributed by atoms with E-state index in [1.54, 1.807) is 0 Å². The molecule has 9 heteroatoms. The zero-order valence-corrected chi connectivity index (χ0v) is 10.1. The Labute approximate surface area is 104 Å². The van der Waals surface area contributed by atoms with Crippen LogP contribution < -0.4 is 0 Å². The lowest BCUT2D eigenvalue weighted by molar-refractivity contribution is -0.131. The van der Waals surface area contributed by atoms with Crippen molar-refractivity contribution in [3.63, 3.8) is 0 Å². The maximum atomic E-state index is 12.7. The first-order valence-electron chi connectivity index (χ1n) is 3.98. The molecule has 1 aromatic rings. The summed E-state index contributed by atoms with van der Waals surface area (Å²) in [5, 5.41) is -3.64. The minimum atomic E-state index is -5.14. The molecule has 0 heterocycles. The van der Waals surface area contributed by atoms with Crippen molar-refractivity contribution in [1.29, 1.82) is 0 Å². The predicted octanol–water partition coefficient (Wildman–Crippen LogP) is 3.65. The molecular formula is C8H4Cl2F4O2S. The van der Waals surface area contributed by atoms with E-state index in [1.165, 1.54) is 0 Å². The Balaban J connectivity index is 3.44. The van der Waals surface area contributed by atoms with Crippen molar-refractivity contribution < 1.29 is 26.0 Å². The summed E-state index contributed by atoms with van der Waals surface area (Å²) in [7, 11) is -0.241. The molecule has 0 spiro atoms. The Morgan fingerprint density at radius 2 is 1.76 bits per heavy atom. The summed E-state index contributed by atoms with van der Waals surface area (Å²) in [5.41, 5.74) is -0.810. The summed E-state index contributed by atoms with van der Waals surface area (Å²) in [6, 6.07) is 1.88. The average Bonchev–Trinajstić information content (AvgIpc) is 2.04. The SMILES string of the molecule is O=S(=O)(Cl)C(c1ccc(F)cc1Cl)C(F)(F)F. The molecule has 0 saturated heterocycles. The summed E-state index contributed by atoms with van der Waals surface area (Å²) in [5.74, 6) is -0.883. The lowest BCUT2D eigenvalue weighted by Crippen LogP contribution is -2.26. The van der Waals surface area contributed by atoms with E-state index in [9.17, 15) is 26.0 Å². The normalized spacial score (nSPS) is 14.7. The van der Waals surface area contributed by atoms with Gasteiger partial charge >= 0.3 is 6.18 Å². The van der Waals surface area contributed by atoms with Crippen molar-refractivity contribution in [3.05, 3.63) is 34.6 Å². The Morgan fingerprint density at radius 3 is 2.12 bits per heavy atom. The molecule has 0 radical (unpaired) electrons. The van der Waals surface area contributed by atoms with E-state index < -0.39 is 36.9 Å². The van der Waals surface area contributed by atoms with Crippen LogP contribution in [-0.4, -0.2) is 14.6 Å². The lowest BCUT2D eigenvalue weighted by atomic mass is 10.1. The molecule has 1 unspecified atom stereocenters. The van der Waals surface area contributed by atoms with E-state index in [2.05, 4.69) is 0 Å². The zero-order chi connectivity index (χ0) is 13.4. The standard InChI is InChI=1S/C8H4Cl2F4O2S/c9-6-3-4(11)1-2-5(6)7(8(12,13)14)17(10,15)16/h1-3,7H. The van der Waals surface area contributed by atoms with E-state index in [1.807, 2.05) is 0 Å². The van der Waals surface area contributed by atoms with Crippen LogP contribution in [0.4, 0.5) is 17.6 Å². The van der Waals surface area contributed by atoms with Crippen molar-refractivity contribution >= 4 is 31.3 Å². The van der Waals surface area contributed by atoms with Crippen LogP contribution in [0.5, 0.6) is 0 Å². The first kappa shape index (κ1) is 14.5. The predicted molar refractivity (Wildman–Crippen MR) is 55.0 cm³/mol. The van der Waals surface area contributed by atoms with Gasteiger partial charge in [-0.1, -0.05) is 17.7 Å².